The van der Waals surface area contributed by atoms with E-state index in [1.807, 2.05) is 0 Å². The third-order valence-electron chi connectivity index (χ3n) is 4.95. The Bertz CT molecular complexity index is 355. The van der Waals surface area contributed by atoms with Crippen molar-refractivity contribution in [1.29, 1.82) is 0 Å². The van der Waals surface area contributed by atoms with E-state index in [0.29, 0.717) is 5.92 Å². The number of esters is 1. The molecule has 0 aromatic heterocycles. The number of rotatable bonds is 6. The highest BCUT2D eigenvalue weighted by Gasteiger charge is 2.52. The number of carbonyl (C=O) groups is 1. The molecular formula is C17H32N2O2. The summed E-state index contributed by atoms with van der Waals surface area (Å²) in [6.45, 7) is 9.58. The summed E-state index contributed by atoms with van der Waals surface area (Å²) in [6, 6.07) is 0.288. The predicted octanol–water partition coefficient (Wildman–Crippen LogP) is 2.43. The van der Waals surface area contributed by atoms with Gasteiger partial charge in [-0.25, -0.2) is 4.79 Å². The van der Waals surface area contributed by atoms with Gasteiger partial charge in [-0.05, 0) is 70.9 Å². The second-order valence-corrected chi connectivity index (χ2v) is 7.35. The van der Waals surface area contributed by atoms with Gasteiger partial charge in [0.25, 0.3) is 0 Å². The van der Waals surface area contributed by atoms with Crippen LogP contribution in [0.4, 0.5) is 0 Å². The van der Waals surface area contributed by atoms with Crippen molar-refractivity contribution < 1.29 is 9.53 Å². The largest absolute Gasteiger partial charge is 0.468 e. The number of ether oxygens (including phenoxy) is 1. The minimum Gasteiger partial charge on any atom is -0.468 e. The molecule has 1 N–H and O–H groups in total. The van der Waals surface area contributed by atoms with Crippen molar-refractivity contribution >= 4 is 5.97 Å². The monoisotopic (exact) mass is 296 g/mol. The number of hydrogen-bond donors (Lipinski definition) is 1. The van der Waals surface area contributed by atoms with Crippen LogP contribution < -0.4 is 5.32 Å². The number of methoxy groups -OCH3 is 1. The number of hydrogen-bond acceptors (Lipinski definition) is 4. The molecule has 1 aliphatic heterocycles. The second-order valence-electron chi connectivity index (χ2n) is 7.35. The van der Waals surface area contributed by atoms with Crippen molar-refractivity contribution in [3.8, 4) is 0 Å². The Morgan fingerprint density at radius 2 is 2.00 bits per heavy atom. The second kappa shape index (κ2) is 7.10. The lowest BCUT2D eigenvalue weighted by Crippen LogP contribution is -2.63. The van der Waals surface area contributed by atoms with Crippen LogP contribution >= 0.6 is 0 Å². The molecule has 0 spiro atoms. The van der Waals surface area contributed by atoms with Gasteiger partial charge in [0.15, 0.2) is 0 Å². The molecule has 0 bridgehead atoms. The molecule has 1 saturated heterocycles. The Kier molecular flexibility index (Phi) is 5.67. The zero-order valence-electron chi connectivity index (χ0n) is 14.2. The van der Waals surface area contributed by atoms with Crippen molar-refractivity contribution in [2.45, 2.75) is 64.5 Å². The topological polar surface area (TPSA) is 41.6 Å². The molecule has 4 nitrogen and oxygen atoms in total. The Balaban J connectivity index is 2.12. The first kappa shape index (κ1) is 16.8. The van der Waals surface area contributed by atoms with Gasteiger partial charge in [-0.1, -0.05) is 6.92 Å². The highest BCUT2D eigenvalue weighted by atomic mass is 16.5. The lowest BCUT2D eigenvalue weighted by molar-refractivity contribution is -0.151. The van der Waals surface area contributed by atoms with Gasteiger partial charge < -0.3 is 9.64 Å². The maximum atomic E-state index is 12.6. The lowest BCUT2D eigenvalue weighted by Gasteiger charge is -2.38. The maximum absolute atomic E-state index is 12.6. The summed E-state index contributed by atoms with van der Waals surface area (Å²) in [7, 11) is 1.52. The van der Waals surface area contributed by atoms with E-state index in [0.717, 1.165) is 38.4 Å². The molecule has 21 heavy (non-hydrogen) atoms. The highest BCUT2D eigenvalue weighted by Crippen LogP contribution is 2.41. The van der Waals surface area contributed by atoms with E-state index in [9.17, 15) is 4.79 Å². The van der Waals surface area contributed by atoms with Crippen LogP contribution in [0.15, 0.2) is 0 Å². The standard InChI is InChI=1S/C17H32N2O2/c1-13(2)18-17(15-7-8-15,16(20)21-4)12-19-10-5-6-14(3)9-11-19/h13-15,18H,5-12H2,1-4H3. The Labute approximate surface area is 129 Å². The average Bonchev–Trinajstić information content (AvgIpc) is 3.26. The summed E-state index contributed by atoms with van der Waals surface area (Å²) in [6.07, 6.45) is 6.06. The smallest absolute Gasteiger partial charge is 0.327 e. The normalized spacial score (nSPS) is 27.2. The zero-order valence-corrected chi connectivity index (χ0v) is 14.2. The molecule has 1 heterocycles. The Morgan fingerprint density at radius 3 is 2.57 bits per heavy atom. The van der Waals surface area contributed by atoms with E-state index < -0.39 is 5.54 Å². The average molecular weight is 296 g/mol. The van der Waals surface area contributed by atoms with Crippen molar-refractivity contribution in [3.63, 3.8) is 0 Å². The fourth-order valence-electron chi connectivity index (χ4n) is 3.69. The first-order valence-electron chi connectivity index (χ1n) is 8.56. The quantitative estimate of drug-likeness (QED) is 0.764. The van der Waals surface area contributed by atoms with Crippen LogP contribution in [0.25, 0.3) is 0 Å². The summed E-state index contributed by atoms with van der Waals surface area (Å²) in [5.74, 6) is 1.17. The fraction of sp³-hybridized carbons (Fsp3) is 0.941. The van der Waals surface area contributed by atoms with Crippen LogP contribution in [0.1, 0.15) is 52.9 Å². The van der Waals surface area contributed by atoms with E-state index in [-0.39, 0.29) is 12.0 Å². The molecule has 1 aliphatic carbocycles. The molecule has 122 valence electrons. The summed E-state index contributed by atoms with van der Waals surface area (Å²) >= 11 is 0. The molecule has 1 saturated carbocycles. The van der Waals surface area contributed by atoms with Gasteiger partial charge in [0.1, 0.15) is 5.54 Å². The molecule has 2 aliphatic rings. The van der Waals surface area contributed by atoms with E-state index in [4.69, 9.17) is 4.74 Å². The Hall–Kier alpha value is -0.610. The van der Waals surface area contributed by atoms with Gasteiger partial charge in [0.05, 0.1) is 7.11 Å². The Morgan fingerprint density at radius 1 is 1.29 bits per heavy atom. The first-order chi connectivity index (χ1) is 9.98. The number of nitrogens with zero attached hydrogens (tertiary/aromatic N) is 1. The molecule has 2 rings (SSSR count). The summed E-state index contributed by atoms with van der Waals surface area (Å²) in [5.41, 5.74) is -0.503. The fourth-order valence-corrected chi connectivity index (χ4v) is 3.69. The van der Waals surface area contributed by atoms with Crippen molar-refractivity contribution in [2.24, 2.45) is 11.8 Å². The van der Waals surface area contributed by atoms with Gasteiger partial charge in [-0.3, -0.25) is 5.32 Å². The molecule has 0 aromatic carbocycles. The summed E-state index contributed by atoms with van der Waals surface area (Å²) in [5, 5.41) is 3.57. The van der Waals surface area contributed by atoms with Gasteiger partial charge in [-0.15, -0.1) is 0 Å². The third kappa shape index (κ3) is 4.19. The summed E-state index contributed by atoms with van der Waals surface area (Å²) in [4.78, 5) is 15.0. The maximum Gasteiger partial charge on any atom is 0.327 e. The SMILES string of the molecule is COC(=O)C(CN1CCCC(C)CC1)(NC(C)C)C1CC1. The van der Waals surface area contributed by atoms with Crippen LogP contribution in [-0.2, 0) is 9.53 Å². The number of carbonyl (C=O) groups excluding carboxylic acids is 1. The summed E-state index contributed by atoms with van der Waals surface area (Å²) < 4.78 is 5.18. The van der Waals surface area contributed by atoms with Crippen LogP contribution in [0.2, 0.25) is 0 Å². The van der Waals surface area contributed by atoms with Crippen LogP contribution in [-0.4, -0.2) is 49.2 Å². The molecule has 4 heteroatoms. The molecule has 2 atom stereocenters. The van der Waals surface area contributed by atoms with Crippen molar-refractivity contribution in [3.05, 3.63) is 0 Å². The van der Waals surface area contributed by atoms with Gasteiger partial charge >= 0.3 is 5.97 Å². The third-order valence-corrected chi connectivity index (χ3v) is 4.95. The predicted molar refractivity (Wildman–Crippen MR) is 85.2 cm³/mol. The molecular weight excluding hydrogens is 264 g/mol. The first-order valence-corrected chi connectivity index (χ1v) is 8.56. The van der Waals surface area contributed by atoms with E-state index >= 15 is 0 Å². The van der Waals surface area contributed by atoms with Crippen LogP contribution in [0.5, 0.6) is 0 Å². The van der Waals surface area contributed by atoms with Crippen molar-refractivity contribution in [1.82, 2.24) is 10.2 Å². The number of likely N-dealkylation sites (tertiary alicyclic amines) is 1. The van der Waals surface area contributed by atoms with Crippen LogP contribution in [0.3, 0.4) is 0 Å². The molecule has 2 unspecified atom stereocenters. The van der Waals surface area contributed by atoms with Crippen molar-refractivity contribution in [2.75, 3.05) is 26.7 Å². The van der Waals surface area contributed by atoms with E-state index in [2.05, 4.69) is 31.0 Å². The molecule has 0 amide bonds. The van der Waals surface area contributed by atoms with E-state index in [1.54, 1.807) is 0 Å². The van der Waals surface area contributed by atoms with Gasteiger partial charge in [0.2, 0.25) is 0 Å². The minimum atomic E-state index is -0.503. The molecule has 2 fully saturated rings. The minimum absolute atomic E-state index is 0.0732. The van der Waals surface area contributed by atoms with Gasteiger partial charge in [0, 0.05) is 12.6 Å². The molecule has 0 aromatic rings. The van der Waals surface area contributed by atoms with E-state index in [1.165, 1.54) is 26.4 Å². The van der Waals surface area contributed by atoms with Crippen LogP contribution in [0, 0.1) is 11.8 Å². The molecule has 0 radical (unpaired) electrons. The van der Waals surface area contributed by atoms with Gasteiger partial charge in [-0.2, -0.15) is 0 Å². The lowest BCUT2D eigenvalue weighted by atomic mass is 9.91. The highest BCUT2D eigenvalue weighted by molar-refractivity contribution is 5.82. The zero-order chi connectivity index (χ0) is 15.5. The number of nitrogens with one attached hydrogen (secondary N) is 1.